The zero-order chi connectivity index (χ0) is 17.4. The Morgan fingerprint density at radius 2 is 1.92 bits per heavy atom. The van der Waals surface area contributed by atoms with Gasteiger partial charge in [-0.2, -0.15) is 4.98 Å². The molecule has 2 heterocycles. The molecule has 1 fully saturated rings. The highest BCUT2D eigenvalue weighted by Crippen LogP contribution is 2.27. The predicted octanol–water partition coefficient (Wildman–Crippen LogP) is 2.69. The molecule has 0 N–H and O–H groups in total. The minimum atomic E-state index is -0.681. The van der Waals surface area contributed by atoms with Crippen molar-refractivity contribution in [3.05, 3.63) is 41.8 Å². The van der Waals surface area contributed by atoms with Gasteiger partial charge in [0.15, 0.2) is 5.82 Å². The van der Waals surface area contributed by atoms with E-state index >= 15 is 0 Å². The minimum Gasteiger partial charge on any atom is -0.339 e. The Hall–Kier alpha value is -2.77. The molecule has 1 atom stereocenters. The quantitative estimate of drug-likeness (QED) is 0.804. The van der Waals surface area contributed by atoms with Gasteiger partial charge in [-0.1, -0.05) is 19.0 Å². The van der Waals surface area contributed by atoms with Crippen LogP contribution in [0.3, 0.4) is 0 Å². The summed E-state index contributed by atoms with van der Waals surface area (Å²) >= 11 is 0. The van der Waals surface area contributed by atoms with Crippen molar-refractivity contribution in [2.75, 3.05) is 4.90 Å². The van der Waals surface area contributed by atoms with E-state index in [0.29, 0.717) is 11.6 Å². The number of amides is 3. The normalized spacial score (nSPS) is 18.1. The van der Waals surface area contributed by atoms with E-state index in [9.17, 15) is 14.0 Å². The lowest BCUT2D eigenvalue weighted by Crippen LogP contribution is -2.33. The molecule has 1 saturated heterocycles. The summed E-state index contributed by atoms with van der Waals surface area (Å²) < 4.78 is 18.2. The zero-order valence-electron chi connectivity index (χ0n) is 13.6. The topological polar surface area (TPSA) is 79.5 Å². The second-order valence-electron chi connectivity index (χ2n) is 5.93. The van der Waals surface area contributed by atoms with Crippen molar-refractivity contribution in [1.29, 1.82) is 0 Å². The van der Waals surface area contributed by atoms with E-state index in [-0.39, 0.29) is 24.2 Å². The number of imide groups is 1. The molecule has 1 aromatic heterocycles. The molecule has 126 valence electrons. The molecule has 0 spiro atoms. The molecular formula is C16H17FN4O3. The van der Waals surface area contributed by atoms with Gasteiger partial charge in [-0.3, -0.25) is 14.6 Å². The number of carbonyl (C=O) groups excluding carboxylic acids is 2. The average Bonchev–Trinajstić information content (AvgIpc) is 3.09. The maximum atomic E-state index is 13.1. The van der Waals surface area contributed by atoms with Crippen LogP contribution in [0, 0.1) is 5.82 Å². The number of hydrogen-bond acceptors (Lipinski definition) is 5. The van der Waals surface area contributed by atoms with Crippen LogP contribution in [0.4, 0.5) is 14.9 Å². The third-order valence-electron chi connectivity index (χ3n) is 3.83. The summed E-state index contributed by atoms with van der Waals surface area (Å²) in [6.07, 6.45) is 0. The van der Waals surface area contributed by atoms with Crippen molar-refractivity contribution in [3.8, 4) is 0 Å². The number of aromatic nitrogens is 2. The number of carbonyl (C=O) groups is 2. The first-order chi connectivity index (χ1) is 11.4. The third kappa shape index (κ3) is 2.75. The number of anilines is 1. The first-order valence-electron chi connectivity index (χ1n) is 7.61. The molecule has 0 aliphatic carbocycles. The summed E-state index contributed by atoms with van der Waals surface area (Å²) in [6, 6.07) is 4.25. The van der Waals surface area contributed by atoms with Gasteiger partial charge in [-0.05, 0) is 31.2 Å². The van der Waals surface area contributed by atoms with E-state index in [2.05, 4.69) is 10.1 Å². The van der Waals surface area contributed by atoms with Crippen LogP contribution < -0.4 is 4.90 Å². The summed E-state index contributed by atoms with van der Waals surface area (Å²) in [4.78, 5) is 31.6. The molecule has 1 aliphatic heterocycles. The van der Waals surface area contributed by atoms with E-state index in [1.54, 1.807) is 6.92 Å². The van der Waals surface area contributed by atoms with Crippen LogP contribution in [0.1, 0.15) is 38.4 Å². The Balaban J connectivity index is 1.83. The standard InChI is InChI=1S/C16H17FN4O3/c1-9(2)14-18-13(19-24-14)8-20-15(22)10(3)21(16(20)23)12-6-4-11(17)5-7-12/h4-7,9-10H,8H2,1-3H3/t10-/m1/s1. The van der Waals surface area contributed by atoms with Crippen LogP contribution in [-0.2, 0) is 11.3 Å². The van der Waals surface area contributed by atoms with Gasteiger partial charge in [0.2, 0.25) is 5.89 Å². The van der Waals surface area contributed by atoms with Crippen LogP contribution >= 0.6 is 0 Å². The first-order valence-corrected chi connectivity index (χ1v) is 7.61. The summed E-state index contributed by atoms with van der Waals surface area (Å²) in [7, 11) is 0. The fourth-order valence-corrected chi connectivity index (χ4v) is 2.51. The van der Waals surface area contributed by atoms with Gasteiger partial charge in [-0.15, -0.1) is 0 Å². The van der Waals surface area contributed by atoms with Gasteiger partial charge < -0.3 is 4.52 Å². The Kier molecular flexibility index (Phi) is 4.04. The molecule has 1 aliphatic rings. The van der Waals surface area contributed by atoms with Crippen molar-refractivity contribution in [3.63, 3.8) is 0 Å². The van der Waals surface area contributed by atoms with E-state index < -0.39 is 17.9 Å². The number of rotatable bonds is 4. The summed E-state index contributed by atoms with van der Waals surface area (Å²) in [5.41, 5.74) is 0.459. The summed E-state index contributed by atoms with van der Waals surface area (Å²) in [5.74, 6) is 0.0152. The molecule has 1 aromatic carbocycles. The van der Waals surface area contributed by atoms with Gasteiger partial charge in [0, 0.05) is 11.6 Å². The highest BCUT2D eigenvalue weighted by atomic mass is 19.1. The van der Waals surface area contributed by atoms with E-state index in [1.165, 1.54) is 29.2 Å². The number of benzene rings is 1. The van der Waals surface area contributed by atoms with E-state index in [4.69, 9.17) is 4.52 Å². The highest BCUT2D eigenvalue weighted by Gasteiger charge is 2.43. The second-order valence-corrected chi connectivity index (χ2v) is 5.93. The minimum absolute atomic E-state index is 0.0596. The van der Waals surface area contributed by atoms with Gasteiger partial charge in [0.05, 0.1) is 6.54 Å². The average molecular weight is 332 g/mol. The number of hydrogen-bond donors (Lipinski definition) is 0. The number of halogens is 1. The molecule has 3 rings (SSSR count). The van der Waals surface area contributed by atoms with Crippen molar-refractivity contribution >= 4 is 17.6 Å². The van der Waals surface area contributed by atoms with Crippen LogP contribution in [0.2, 0.25) is 0 Å². The molecule has 24 heavy (non-hydrogen) atoms. The fraction of sp³-hybridized carbons (Fsp3) is 0.375. The molecule has 3 amide bonds. The van der Waals surface area contributed by atoms with Gasteiger partial charge >= 0.3 is 6.03 Å². The van der Waals surface area contributed by atoms with Crippen molar-refractivity contribution in [2.24, 2.45) is 0 Å². The number of nitrogens with zero attached hydrogens (tertiary/aromatic N) is 4. The van der Waals surface area contributed by atoms with Crippen LogP contribution in [0.15, 0.2) is 28.8 Å². The van der Waals surface area contributed by atoms with Crippen molar-refractivity contribution in [1.82, 2.24) is 15.0 Å². The molecule has 0 radical (unpaired) electrons. The monoisotopic (exact) mass is 332 g/mol. The Morgan fingerprint density at radius 3 is 2.50 bits per heavy atom. The Labute approximate surface area is 138 Å². The van der Waals surface area contributed by atoms with E-state index in [0.717, 1.165) is 4.90 Å². The molecule has 7 nitrogen and oxygen atoms in total. The van der Waals surface area contributed by atoms with Crippen molar-refractivity contribution < 1.29 is 18.5 Å². The highest BCUT2D eigenvalue weighted by molar-refractivity contribution is 6.13. The maximum Gasteiger partial charge on any atom is 0.332 e. The summed E-state index contributed by atoms with van der Waals surface area (Å²) in [5, 5.41) is 3.80. The second kappa shape index (κ2) is 6.03. The number of urea groups is 1. The van der Waals surface area contributed by atoms with Crippen molar-refractivity contribution in [2.45, 2.75) is 39.3 Å². The lowest BCUT2D eigenvalue weighted by Gasteiger charge is -2.19. The fourth-order valence-electron chi connectivity index (χ4n) is 2.51. The lowest BCUT2D eigenvalue weighted by atomic mass is 10.2. The van der Waals surface area contributed by atoms with Crippen LogP contribution in [0.25, 0.3) is 0 Å². The SMILES string of the molecule is CC(C)c1nc(CN2C(=O)[C@@H](C)N(c3ccc(F)cc3)C2=O)no1. The van der Waals surface area contributed by atoms with Gasteiger partial charge in [-0.25, -0.2) is 9.18 Å². The molecule has 8 heteroatoms. The molecule has 2 aromatic rings. The maximum absolute atomic E-state index is 13.1. The lowest BCUT2D eigenvalue weighted by molar-refractivity contribution is -0.127. The van der Waals surface area contributed by atoms with Gasteiger partial charge in [0.1, 0.15) is 11.9 Å². The smallest absolute Gasteiger partial charge is 0.332 e. The Morgan fingerprint density at radius 1 is 1.25 bits per heavy atom. The molecule has 0 bridgehead atoms. The predicted molar refractivity (Wildman–Crippen MR) is 82.7 cm³/mol. The Bertz CT molecular complexity index is 772. The van der Waals surface area contributed by atoms with Gasteiger partial charge in [0.25, 0.3) is 5.91 Å². The first kappa shape index (κ1) is 16.1. The molecular weight excluding hydrogens is 315 g/mol. The molecule has 0 unspecified atom stereocenters. The van der Waals surface area contributed by atoms with E-state index in [1.807, 2.05) is 13.8 Å². The third-order valence-corrected chi connectivity index (χ3v) is 3.83. The van der Waals surface area contributed by atoms with Crippen LogP contribution in [0.5, 0.6) is 0 Å². The zero-order valence-corrected chi connectivity index (χ0v) is 13.6. The largest absolute Gasteiger partial charge is 0.339 e. The van der Waals surface area contributed by atoms with Crippen LogP contribution in [-0.4, -0.2) is 33.0 Å². The molecule has 0 saturated carbocycles. The summed E-state index contributed by atoms with van der Waals surface area (Å²) in [6.45, 7) is 5.37.